The summed E-state index contributed by atoms with van der Waals surface area (Å²) >= 11 is 5.06. The second-order valence-corrected chi connectivity index (χ2v) is 6.51. The van der Waals surface area contributed by atoms with E-state index in [1.165, 1.54) is 0 Å². The molecule has 0 spiro atoms. The molecule has 0 unspecified atom stereocenters. The zero-order valence-electron chi connectivity index (χ0n) is 10.3. The van der Waals surface area contributed by atoms with Gasteiger partial charge in [0.15, 0.2) is 0 Å². The van der Waals surface area contributed by atoms with Crippen molar-refractivity contribution in [3.8, 4) is 0 Å². The summed E-state index contributed by atoms with van der Waals surface area (Å²) in [5.74, 6) is 0.593. The van der Waals surface area contributed by atoms with Crippen molar-refractivity contribution in [2.45, 2.75) is 36.7 Å². The first-order valence-electron chi connectivity index (χ1n) is 6.03. The van der Waals surface area contributed by atoms with E-state index in [9.17, 15) is 4.79 Å². The molecule has 98 valence electrons. The fourth-order valence-electron chi connectivity index (χ4n) is 1.61. The SMILES string of the molecule is C[C@H](N)c1ccc(SCC(=O)NC2CC2)cc1Br. The van der Waals surface area contributed by atoms with Crippen molar-refractivity contribution in [2.75, 3.05) is 5.75 Å². The molecule has 2 rings (SSSR count). The molecule has 0 bridgehead atoms. The Hall–Kier alpha value is -0.520. The molecule has 0 aliphatic heterocycles. The third-order valence-corrected chi connectivity index (χ3v) is 4.46. The highest BCUT2D eigenvalue weighted by atomic mass is 79.9. The van der Waals surface area contributed by atoms with Crippen LogP contribution in [0, 0.1) is 0 Å². The summed E-state index contributed by atoms with van der Waals surface area (Å²) < 4.78 is 1.00. The minimum atomic E-state index is 0.0107. The van der Waals surface area contributed by atoms with E-state index >= 15 is 0 Å². The molecule has 3 nitrogen and oxygen atoms in total. The van der Waals surface area contributed by atoms with E-state index in [1.807, 2.05) is 25.1 Å². The number of carbonyl (C=O) groups is 1. The number of hydrogen-bond donors (Lipinski definition) is 2. The van der Waals surface area contributed by atoms with Crippen LogP contribution in [0.15, 0.2) is 27.6 Å². The van der Waals surface area contributed by atoms with E-state index in [2.05, 4.69) is 21.2 Å². The van der Waals surface area contributed by atoms with Gasteiger partial charge in [-0.05, 0) is 37.5 Å². The van der Waals surface area contributed by atoms with Crippen molar-refractivity contribution < 1.29 is 4.79 Å². The van der Waals surface area contributed by atoms with Crippen LogP contribution in [0.3, 0.4) is 0 Å². The van der Waals surface area contributed by atoms with Crippen molar-refractivity contribution >= 4 is 33.6 Å². The molecule has 1 aromatic carbocycles. The van der Waals surface area contributed by atoms with Gasteiger partial charge < -0.3 is 11.1 Å². The summed E-state index contributed by atoms with van der Waals surface area (Å²) in [5.41, 5.74) is 6.93. The van der Waals surface area contributed by atoms with Gasteiger partial charge in [-0.1, -0.05) is 22.0 Å². The summed E-state index contributed by atoms with van der Waals surface area (Å²) in [4.78, 5) is 12.6. The summed E-state index contributed by atoms with van der Waals surface area (Å²) in [6.45, 7) is 1.95. The van der Waals surface area contributed by atoms with Crippen molar-refractivity contribution in [1.82, 2.24) is 5.32 Å². The average Bonchev–Trinajstić information content (AvgIpc) is 3.10. The maximum Gasteiger partial charge on any atom is 0.230 e. The van der Waals surface area contributed by atoms with Crippen molar-refractivity contribution in [3.63, 3.8) is 0 Å². The number of nitrogens with two attached hydrogens (primary N) is 1. The van der Waals surface area contributed by atoms with Crippen LogP contribution >= 0.6 is 27.7 Å². The summed E-state index contributed by atoms with van der Waals surface area (Å²) in [6.07, 6.45) is 2.26. The average molecular weight is 329 g/mol. The number of halogens is 1. The van der Waals surface area contributed by atoms with E-state index in [4.69, 9.17) is 5.73 Å². The van der Waals surface area contributed by atoms with Gasteiger partial charge in [0.2, 0.25) is 5.91 Å². The molecule has 1 aliphatic rings. The van der Waals surface area contributed by atoms with E-state index in [0.29, 0.717) is 11.8 Å². The Balaban J connectivity index is 1.88. The molecule has 3 N–H and O–H groups in total. The molecule has 1 aliphatic carbocycles. The smallest absolute Gasteiger partial charge is 0.230 e. The predicted molar refractivity (Wildman–Crippen MR) is 78.6 cm³/mol. The third kappa shape index (κ3) is 4.00. The number of thioether (sulfide) groups is 1. The molecule has 1 amide bonds. The van der Waals surface area contributed by atoms with Crippen LogP contribution in [0.4, 0.5) is 0 Å². The number of benzene rings is 1. The zero-order chi connectivity index (χ0) is 13.1. The molecule has 0 radical (unpaired) electrons. The molecule has 0 saturated heterocycles. The normalized spacial score (nSPS) is 16.4. The lowest BCUT2D eigenvalue weighted by Crippen LogP contribution is -2.26. The molecule has 0 heterocycles. The van der Waals surface area contributed by atoms with E-state index in [1.54, 1.807) is 11.8 Å². The fraction of sp³-hybridized carbons (Fsp3) is 0.462. The van der Waals surface area contributed by atoms with Gasteiger partial charge >= 0.3 is 0 Å². The van der Waals surface area contributed by atoms with Gasteiger partial charge in [0, 0.05) is 21.5 Å². The van der Waals surface area contributed by atoms with Gasteiger partial charge in [-0.3, -0.25) is 4.79 Å². The highest BCUT2D eigenvalue weighted by Crippen LogP contribution is 2.28. The first-order valence-corrected chi connectivity index (χ1v) is 7.81. The number of carbonyl (C=O) groups excluding carboxylic acids is 1. The Morgan fingerprint density at radius 3 is 2.89 bits per heavy atom. The molecular weight excluding hydrogens is 312 g/mol. The Bertz CT molecular complexity index is 447. The summed E-state index contributed by atoms with van der Waals surface area (Å²) in [7, 11) is 0. The molecular formula is C13H17BrN2OS. The van der Waals surface area contributed by atoms with Crippen molar-refractivity contribution in [2.24, 2.45) is 5.73 Å². The van der Waals surface area contributed by atoms with Crippen molar-refractivity contribution in [1.29, 1.82) is 0 Å². The molecule has 1 aromatic rings. The van der Waals surface area contributed by atoms with Crippen LogP contribution in [0.25, 0.3) is 0 Å². The van der Waals surface area contributed by atoms with E-state index < -0.39 is 0 Å². The first-order chi connectivity index (χ1) is 8.56. The summed E-state index contributed by atoms with van der Waals surface area (Å²) in [6, 6.07) is 6.49. The van der Waals surface area contributed by atoms with Gasteiger partial charge in [0.1, 0.15) is 0 Å². The van der Waals surface area contributed by atoms with Gasteiger partial charge in [0.05, 0.1) is 5.75 Å². The Kier molecular flexibility index (Phi) is 4.70. The minimum Gasteiger partial charge on any atom is -0.353 e. The molecule has 0 aromatic heterocycles. The van der Waals surface area contributed by atoms with E-state index in [0.717, 1.165) is 27.8 Å². The Labute approximate surface area is 120 Å². The predicted octanol–water partition coefficient (Wildman–Crippen LogP) is 2.84. The lowest BCUT2D eigenvalue weighted by atomic mass is 10.1. The third-order valence-electron chi connectivity index (χ3n) is 2.77. The molecule has 1 fully saturated rings. The standard InChI is InChI=1S/C13H17BrN2OS/c1-8(15)11-5-4-10(6-12(11)14)18-7-13(17)16-9-2-3-9/h4-6,8-9H,2-3,7,15H2,1H3,(H,16,17)/t8-/m0/s1. The number of nitrogens with one attached hydrogen (secondary N) is 1. The highest BCUT2D eigenvalue weighted by molar-refractivity contribution is 9.10. The second kappa shape index (κ2) is 6.08. The molecule has 5 heteroatoms. The zero-order valence-corrected chi connectivity index (χ0v) is 12.7. The molecule has 18 heavy (non-hydrogen) atoms. The summed E-state index contributed by atoms with van der Waals surface area (Å²) in [5, 5.41) is 2.98. The van der Waals surface area contributed by atoms with Gasteiger partial charge in [-0.15, -0.1) is 11.8 Å². The molecule has 1 saturated carbocycles. The fourth-order valence-corrected chi connectivity index (χ4v) is 3.25. The number of rotatable bonds is 5. The monoisotopic (exact) mass is 328 g/mol. The maximum absolute atomic E-state index is 11.6. The minimum absolute atomic E-state index is 0.0107. The van der Waals surface area contributed by atoms with Crippen LogP contribution in [0.2, 0.25) is 0 Å². The molecule has 1 atom stereocenters. The van der Waals surface area contributed by atoms with Crippen LogP contribution in [-0.2, 0) is 4.79 Å². The van der Waals surface area contributed by atoms with Gasteiger partial charge in [-0.25, -0.2) is 0 Å². The maximum atomic E-state index is 11.6. The highest BCUT2D eigenvalue weighted by Gasteiger charge is 2.22. The van der Waals surface area contributed by atoms with Crippen LogP contribution in [0.5, 0.6) is 0 Å². The Morgan fingerprint density at radius 2 is 2.33 bits per heavy atom. The number of amides is 1. The number of hydrogen-bond acceptors (Lipinski definition) is 3. The topological polar surface area (TPSA) is 55.1 Å². The van der Waals surface area contributed by atoms with Crippen LogP contribution in [0.1, 0.15) is 31.4 Å². The largest absolute Gasteiger partial charge is 0.353 e. The Morgan fingerprint density at radius 1 is 1.61 bits per heavy atom. The van der Waals surface area contributed by atoms with E-state index in [-0.39, 0.29) is 11.9 Å². The second-order valence-electron chi connectivity index (χ2n) is 4.60. The van der Waals surface area contributed by atoms with Crippen LogP contribution < -0.4 is 11.1 Å². The first kappa shape index (κ1) is 13.9. The lowest BCUT2D eigenvalue weighted by Gasteiger charge is -2.10. The van der Waals surface area contributed by atoms with Crippen LogP contribution in [-0.4, -0.2) is 17.7 Å². The van der Waals surface area contributed by atoms with Gasteiger partial charge in [0.25, 0.3) is 0 Å². The van der Waals surface area contributed by atoms with Gasteiger partial charge in [-0.2, -0.15) is 0 Å². The lowest BCUT2D eigenvalue weighted by molar-refractivity contribution is -0.118. The quantitative estimate of drug-likeness (QED) is 0.817. The van der Waals surface area contributed by atoms with Crippen molar-refractivity contribution in [3.05, 3.63) is 28.2 Å².